The van der Waals surface area contributed by atoms with Crippen molar-refractivity contribution in [2.24, 2.45) is 5.92 Å². The second kappa shape index (κ2) is 7.73. The van der Waals surface area contributed by atoms with Crippen LogP contribution in [0.5, 0.6) is 0 Å². The molecule has 24 heavy (non-hydrogen) atoms. The molecule has 124 valence electrons. The van der Waals surface area contributed by atoms with Crippen LogP contribution in [0.4, 0.5) is 11.5 Å². The highest BCUT2D eigenvalue weighted by atomic mass is 15.2. The van der Waals surface area contributed by atoms with E-state index in [0.717, 1.165) is 26.1 Å². The van der Waals surface area contributed by atoms with Crippen molar-refractivity contribution in [2.45, 2.75) is 19.3 Å². The Balaban J connectivity index is 1.49. The van der Waals surface area contributed by atoms with E-state index >= 15 is 0 Å². The largest absolute Gasteiger partial charge is 0.371 e. The molecule has 2 aromatic rings. The quantitative estimate of drug-likeness (QED) is 0.842. The topological polar surface area (TPSA) is 68.9 Å². The maximum atomic E-state index is 9.13. The molecule has 0 unspecified atom stereocenters. The summed E-state index contributed by atoms with van der Waals surface area (Å²) >= 11 is 0. The summed E-state index contributed by atoms with van der Waals surface area (Å²) in [6.45, 7) is 3.08. The van der Waals surface area contributed by atoms with Crippen molar-refractivity contribution in [2.75, 3.05) is 36.5 Å². The van der Waals surface area contributed by atoms with Crippen molar-refractivity contribution in [3.63, 3.8) is 0 Å². The highest BCUT2D eigenvalue weighted by Gasteiger charge is 2.20. The number of anilines is 2. The van der Waals surface area contributed by atoms with Crippen molar-refractivity contribution in [1.82, 2.24) is 15.0 Å². The third kappa shape index (κ3) is 3.80. The molecule has 0 aliphatic carbocycles. The summed E-state index contributed by atoms with van der Waals surface area (Å²) in [4.78, 5) is 16.9. The third-order valence-corrected chi connectivity index (χ3v) is 4.66. The van der Waals surface area contributed by atoms with E-state index in [1.807, 2.05) is 24.3 Å². The summed E-state index contributed by atoms with van der Waals surface area (Å²) in [5.74, 6) is 1.39. The van der Waals surface area contributed by atoms with Gasteiger partial charge in [-0.25, -0.2) is 9.97 Å². The second-order valence-electron chi connectivity index (χ2n) is 6.19. The molecule has 0 spiro atoms. The number of nitriles is 1. The van der Waals surface area contributed by atoms with Crippen LogP contribution in [0.1, 0.15) is 25.0 Å². The molecule has 0 amide bonds. The van der Waals surface area contributed by atoms with Gasteiger partial charge in [-0.2, -0.15) is 5.26 Å². The molecule has 0 saturated carbocycles. The highest BCUT2D eigenvalue weighted by molar-refractivity contribution is 5.48. The lowest BCUT2D eigenvalue weighted by Gasteiger charge is -2.34. The first kappa shape index (κ1) is 16.2. The van der Waals surface area contributed by atoms with Crippen molar-refractivity contribution < 1.29 is 0 Å². The molecule has 0 radical (unpaired) electrons. The Morgan fingerprint density at radius 1 is 1.17 bits per heavy atom. The van der Waals surface area contributed by atoms with E-state index in [1.165, 1.54) is 18.5 Å². The van der Waals surface area contributed by atoms with Crippen LogP contribution in [0.2, 0.25) is 0 Å². The van der Waals surface area contributed by atoms with Gasteiger partial charge in [-0.3, -0.25) is 4.98 Å². The molecule has 1 aliphatic rings. The maximum absolute atomic E-state index is 9.13. The number of rotatable bonds is 5. The van der Waals surface area contributed by atoms with Gasteiger partial charge in [0.1, 0.15) is 6.07 Å². The second-order valence-corrected chi connectivity index (χ2v) is 6.19. The molecule has 0 atom stereocenters. The summed E-state index contributed by atoms with van der Waals surface area (Å²) in [5.41, 5.74) is 1.66. The molecule has 2 aromatic heterocycles. The van der Waals surface area contributed by atoms with Crippen LogP contribution in [-0.2, 0) is 0 Å². The summed E-state index contributed by atoms with van der Waals surface area (Å²) in [5, 5.41) is 9.13. The zero-order valence-corrected chi connectivity index (χ0v) is 14.0. The number of pyridine rings is 1. The van der Waals surface area contributed by atoms with Gasteiger partial charge < -0.3 is 9.80 Å². The lowest BCUT2D eigenvalue weighted by Crippen LogP contribution is -2.35. The van der Waals surface area contributed by atoms with Gasteiger partial charge in [0, 0.05) is 57.2 Å². The normalized spacial score (nSPS) is 15.1. The Morgan fingerprint density at radius 2 is 1.88 bits per heavy atom. The predicted molar refractivity (Wildman–Crippen MR) is 93.8 cm³/mol. The van der Waals surface area contributed by atoms with E-state index in [4.69, 9.17) is 5.26 Å². The minimum absolute atomic E-state index is 0.396. The summed E-state index contributed by atoms with van der Waals surface area (Å²) in [6, 6.07) is 6.26. The lowest BCUT2D eigenvalue weighted by molar-refractivity contribution is 0.384. The molecule has 3 rings (SSSR count). The average molecular weight is 322 g/mol. The molecule has 0 bridgehead atoms. The van der Waals surface area contributed by atoms with Gasteiger partial charge in [0.15, 0.2) is 11.5 Å². The van der Waals surface area contributed by atoms with Crippen LogP contribution >= 0.6 is 0 Å². The fourth-order valence-electron chi connectivity index (χ4n) is 3.21. The van der Waals surface area contributed by atoms with Crippen molar-refractivity contribution in [1.29, 1.82) is 5.26 Å². The third-order valence-electron chi connectivity index (χ3n) is 4.66. The van der Waals surface area contributed by atoms with Crippen molar-refractivity contribution in [3.05, 3.63) is 42.6 Å². The zero-order chi connectivity index (χ0) is 16.8. The first-order chi connectivity index (χ1) is 11.8. The van der Waals surface area contributed by atoms with Gasteiger partial charge in [-0.15, -0.1) is 0 Å². The first-order valence-electron chi connectivity index (χ1n) is 8.35. The number of aromatic nitrogens is 3. The standard InChI is InChI=1S/C18H22N6/c1-23(18-17(14-19)21-9-10-22-18)11-4-15-5-12-24(13-6-15)16-2-7-20-8-3-16/h2-3,7-10,15H,4-6,11-13H2,1H3. The number of hydrogen-bond acceptors (Lipinski definition) is 6. The van der Waals surface area contributed by atoms with Crippen LogP contribution in [0.15, 0.2) is 36.9 Å². The van der Waals surface area contributed by atoms with Gasteiger partial charge in [0.25, 0.3) is 0 Å². The molecule has 6 nitrogen and oxygen atoms in total. The average Bonchev–Trinajstić information content (AvgIpc) is 2.67. The lowest BCUT2D eigenvalue weighted by atomic mass is 9.93. The Hall–Kier alpha value is -2.68. The minimum Gasteiger partial charge on any atom is -0.371 e. The number of hydrogen-bond donors (Lipinski definition) is 0. The van der Waals surface area contributed by atoms with Crippen molar-refractivity contribution >= 4 is 11.5 Å². The molecule has 6 heteroatoms. The Labute approximate surface area is 142 Å². The van der Waals surface area contributed by atoms with E-state index in [1.54, 1.807) is 12.4 Å². The monoisotopic (exact) mass is 322 g/mol. The maximum Gasteiger partial charge on any atom is 0.183 e. The van der Waals surface area contributed by atoms with Crippen LogP contribution < -0.4 is 9.80 Å². The summed E-state index contributed by atoms with van der Waals surface area (Å²) in [7, 11) is 1.98. The minimum atomic E-state index is 0.396. The van der Waals surface area contributed by atoms with E-state index in [2.05, 4.69) is 38.1 Å². The number of piperidine rings is 1. The molecular weight excluding hydrogens is 300 g/mol. The molecular formula is C18H22N6. The molecule has 1 aliphatic heterocycles. The molecule has 1 saturated heterocycles. The van der Waals surface area contributed by atoms with Crippen LogP contribution in [-0.4, -0.2) is 41.6 Å². The van der Waals surface area contributed by atoms with Crippen LogP contribution in [0, 0.1) is 17.2 Å². The smallest absolute Gasteiger partial charge is 0.183 e. The van der Waals surface area contributed by atoms with Gasteiger partial charge in [0.05, 0.1) is 0 Å². The summed E-state index contributed by atoms with van der Waals surface area (Å²) < 4.78 is 0. The Kier molecular flexibility index (Phi) is 5.22. The van der Waals surface area contributed by atoms with Crippen LogP contribution in [0.25, 0.3) is 0 Å². The Morgan fingerprint density at radius 3 is 2.58 bits per heavy atom. The van der Waals surface area contributed by atoms with E-state index in [-0.39, 0.29) is 0 Å². The SMILES string of the molecule is CN(CCC1CCN(c2ccncc2)CC1)c1nccnc1C#N. The highest BCUT2D eigenvalue weighted by Crippen LogP contribution is 2.25. The van der Waals surface area contributed by atoms with E-state index < -0.39 is 0 Å². The van der Waals surface area contributed by atoms with Gasteiger partial charge >= 0.3 is 0 Å². The first-order valence-corrected chi connectivity index (χ1v) is 8.35. The Bertz CT molecular complexity index is 688. The fraction of sp³-hybridized carbons (Fsp3) is 0.444. The van der Waals surface area contributed by atoms with Crippen molar-refractivity contribution in [3.8, 4) is 6.07 Å². The van der Waals surface area contributed by atoms with E-state index in [9.17, 15) is 0 Å². The van der Waals surface area contributed by atoms with Gasteiger partial charge in [0.2, 0.25) is 0 Å². The van der Waals surface area contributed by atoms with Gasteiger partial charge in [-0.1, -0.05) is 0 Å². The number of nitrogens with zero attached hydrogens (tertiary/aromatic N) is 6. The van der Waals surface area contributed by atoms with Gasteiger partial charge in [-0.05, 0) is 37.3 Å². The predicted octanol–water partition coefficient (Wildman–Crippen LogP) is 2.49. The fourth-order valence-corrected chi connectivity index (χ4v) is 3.21. The molecule has 1 fully saturated rings. The van der Waals surface area contributed by atoms with Crippen LogP contribution in [0.3, 0.4) is 0 Å². The zero-order valence-electron chi connectivity index (χ0n) is 14.0. The summed E-state index contributed by atoms with van der Waals surface area (Å²) in [6.07, 6.45) is 10.4. The van der Waals surface area contributed by atoms with E-state index in [0.29, 0.717) is 17.4 Å². The molecule has 3 heterocycles. The molecule has 0 N–H and O–H groups in total. The molecule has 0 aromatic carbocycles.